The zero-order valence-electron chi connectivity index (χ0n) is 13.6. The molecule has 1 aromatic carbocycles. The molecule has 130 valence electrons. The van der Waals surface area contributed by atoms with Crippen LogP contribution in [0.25, 0.3) is 0 Å². The quantitative estimate of drug-likeness (QED) is 0.844. The lowest BCUT2D eigenvalue weighted by Gasteiger charge is -2.32. The highest BCUT2D eigenvalue weighted by molar-refractivity contribution is 6.30. The van der Waals surface area contributed by atoms with Crippen molar-refractivity contribution in [1.29, 1.82) is 0 Å². The Morgan fingerprint density at radius 2 is 1.83 bits per heavy atom. The van der Waals surface area contributed by atoms with Crippen LogP contribution in [0.1, 0.15) is 37.8 Å². The van der Waals surface area contributed by atoms with Crippen molar-refractivity contribution in [1.82, 2.24) is 10.2 Å². The predicted molar refractivity (Wildman–Crippen MR) is 91.1 cm³/mol. The molecule has 0 aromatic heterocycles. The van der Waals surface area contributed by atoms with Crippen molar-refractivity contribution in [3.8, 4) is 0 Å². The standard InChI is InChI=1S/C17H22ClN3O3/c1-11(22)20-15(12-2-4-14(18)5-3-12)10-16(23)21-8-6-13(7-9-21)17(19)24/h2-5,13,15H,6-10H2,1H3,(H2,19,24)(H,20,22). The molecule has 0 bridgehead atoms. The van der Waals surface area contributed by atoms with Crippen molar-refractivity contribution in [3.05, 3.63) is 34.9 Å². The molecule has 0 aliphatic carbocycles. The van der Waals surface area contributed by atoms with Gasteiger partial charge < -0.3 is 16.0 Å². The summed E-state index contributed by atoms with van der Waals surface area (Å²) < 4.78 is 0. The first kappa shape index (κ1) is 18.3. The second-order valence-corrected chi connectivity index (χ2v) is 6.50. The van der Waals surface area contributed by atoms with Gasteiger partial charge in [0.2, 0.25) is 17.7 Å². The van der Waals surface area contributed by atoms with Crippen molar-refractivity contribution in [3.63, 3.8) is 0 Å². The second kappa shape index (κ2) is 8.15. The molecule has 0 spiro atoms. The maximum Gasteiger partial charge on any atom is 0.224 e. The maximum atomic E-state index is 12.5. The molecule has 1 aliphatic heterocycles. The minimum Gasteiger partial charge on any atom is -0.369 e. The molecule has 1 unspecified atom stereocenters. The van der Waals surface area contributed by atoms with Gasteiger partial charge in [0, 0.05) is 31.0 Å². The highest BCUT2D eigenvalue weighted by Gasteiger charge is 2.27. The number of carbonyl (C=O) groups excluding carboxylic acids is 3. The lowest BCUT2D eigenvalue weighted by molar-refractivity contribution is -0.135. The van der Waals surface area contributed by atoms with E-state index in [9.17, 15) is 14.4 Å². The van der Waals surface area contributed by atoms with Gasteiger partial charge in [-0.25, -0.2) is 0 Å². The van der Waals surface area contributed by atoms with E-state index in [4.69, 9.17) is 17.3 Å². The monoisotopic (exact) mass is 351 g/mol. The molecule has 7 heteroatoms. The highest BCUT2D eigenvalue weighted by Crippen LogP contribution is 2.23. The summed E-state index contributed by atoms with van der Waals surface area (Å²) in [4.78, 5) is 36.9. The van der Waals surface area contributed by atoms with Crippen molar-refractivity contribution >= 4 is 29.3 Å². The Balaban J connectivity index is 2.01. The van der Waals surface area contributed by atoms with E-state index in [1.807, 2.05) is 0 Å². The van der Waals surface area contributed by atoms with Crippen molar-refractivity contribution < 1.29 is 14.4 Å². The van der Waals surface area contributed by atoms with Crippen LogP contribution in [0.15, 0.2) is 24.3 Å². The first-order valence-electron chi connectivity index (χ1n) is 7.96. The second-order valence-electron chi connectivity index (χ2n) is 6.07. The van der Waals surface area contributed by atoms with E-state index in [0.717, 1.165) is 5.56 Å². The fourth-order valence-corrected chi connectivity index (χ4v) is 3.04. The molecular formula is C17H22ClN3O3. The molecule has 24 heavy (non-hydrogen) atoms. The Morgan fingerprint density at radius 3 is 2.33 bits per heavy atom. The number of likely N-dealkylation sites (tertiary alicyclic amines) is 1. The van der Waals surface area contributed by atoms with Gasteiger partial charge in [-0.2, -0.15) is 0 Å². The van der Waals surface area contributed by atoms with E-state index < -0.39 is 6.04 Å². The van der Waals surface area contributed by atoms with Gasteiger partial charge in [0.05, 0.1) is 12.5 Å². The number of halogens is 1. The first-order valence-corrected chi connectivity index (χ1v) is 8.34. The van der Waals surface area contributed by atoms with Crippen LogP contribution < -0.4 is 11.1 Å². The molecular weight excluding hydrogens is 330 g/mol. The average Bonchev–Trinajstić information content (AvgIpc) is 2.54. The number of nitrogens with two attached hydrogens (primary N) is 1. The van der Waals surface area contributed by atoms with Gasteiger partial charge in [-0.1, -0.05) is 23.7 Å². The summed E-state index contributed by atoms with van der Waals surface area (Å²) in [5, 5.41) is 3.41. The fourth-order valence-electron chi connectivity index (χ4n) is 2.91. The van der Waals surface area contributed by atoms with E-state index >= 15 is 0 Å². The van der Waals surface area contributed by atoms with Crippen LogP contribution >= 0.6 is 11.6 Å². The number of amides is 3. The fraction of sp³-hybridized carbons (Fsp3) is 0.471. The smallest absolute Gasteiger partial charge is 0.224 e. The number of carbonyl (C=O) groups is 3. The number of benzene rings is 1. The van der Waals surface area contributed by atoms with Crippen molar-refractivity contribution in [2.45, 2.75) is 32.2 Å². The zero-order chi connectivity index (χ0) is 17.7. The Labute approximate surface area is 146 Å². The van der Waals surface area contributed by atoms with Crippen LogP contribution in [0.4, 0.5) is 0 Å². The van der Waals surface area contributed by atoms with Gasteiger partial charge in [0.1, 0.15) is 0 Å². The lowest BCUT2D eigenvalue weighted by atomic mass is 9.95. The summed E-state index contributed by atoms with van der Waals surface area (Å²) in [5.74, 6) is -0.711. The van der Waals surface area contributed by atoms with E-state index in [1.54, 1.807) is 29.2 Å². The van der Waals surface area contributed by atoms with Crippen LogP contribution in [0.2, 0.25) is 5.02 Å². The average molecular weight is 352 g/mol. The van der Waals surface area contributed by atoms with E-state index in [1.165, 1.54) is 6.92 Å². The lowest BCUT2D eigenvalue weighted by Crippen LogP contribution is -2.43. The molecule has 1 atom stereocenters. The van der Waals surface area contributed by atoms with Crippen LogP contribution in [-0.4, -0.2) is 35.7 Å². The summed E-state index contributed by atoms with van der Waals surface area (Å²) in [6, 6.07) is 6.66. The third-order valence-electron chi connectivity index (χ3n) is 4.28. The molecule has 2 rings (SSSR count). The molecule has 1 heterocycles. The summed E-state index contributed by atoms with van der Waals surface area (Å²) in [6.07, 6.45) is 1.35. The van der Waals surface area contributed by atoms with E-state index in [-0.39, 0.29) is 30.1 Å². The van der Waals surface area contributed by atoms with Gasteiger partial charge >= 0.3 is 0 Å². The largest absolute Gasteiger partial charge is 0.369 e. The summed E-state index contributed by atoms with van der Waals surface area (Å²) >= 11 is 5.89. The molecule has 1 fully saturated rings. The zero-order valence-corrected chi connectivity index (χ0v) is 14.4. The third-order valence-corrected chi connectivity index (χ3v) is 4.53. The number of primary amides is 1. The Kier molecular flexibility index (Phi) is 6.20. The Hall–Kier alpha value is -2.08. The van der Waals surface area contributed by atoms with Crippen molar-refractivity contribution in [2.75, 3.05) is 13.1 Å². The molecule has 6 nitrogen and oxygen atoms in total. The van der Waals surface area contributed by atoms with Gasteiger partial charge in [-0.05, 0) is 30.5 Å². The minimum atomic E-state index is -0.402. The number of piperidine rings is 1. The van der Waals surface area contributed by atoms with Crippen molar-refractivity contribution in [2.24, 2.45) is 11.7 Å². The maximum absolute atomic E-state index is 12.5. The third kappa shape index (κ3) is 4.96. The van der Waals surface area contributed by atoms with E-state index in [0.29, 0.717) is 31.0 Å². The number of rotatable bonds is 5. The minimum absolute atomic E-state index is 0.0494. The van der Waals surface area contributed by atoms with Crippen LogP contribution in [0.3, 0.4) is 0 Å². The predicted octanol–water partition coefficient (Wildman–Crippen LogP) is 1.63. The SMILES string of the molecule is CC(=O)NC(CC(=O)N1CCC(C(N)=O)CC1)c1ccc(Cl)cc1. The number of nitrogens with zero attached hydrogens (tertiary/aromatic N) is 1. The van der Waals surface area contributed by atoms with E-state index in [2.05, 4.69) is 5.32 Å². The molecule has 1 saturated heterocycles. The summed E-state index contributed by atoms with van der Waals surface area (Å²) in [6.45, 7) is 2.45. The normalized spacial score (nSPS) is 16.5. The summed E-state index contributed by atoms with van der Waals surface area (Å²) in [5.41, 5.74) is 6.14. The van der Waals surface area contributed by atoms with Crippen LogP contribution in [0, 0.1) is 5.92 Å². The molecule has 1 aromatic rings. The molecule has 3 N–H and O–H groups in total. The molecule has 1 aliphatic rings. The van der Waals surface area contributed by atoms with Crippen LogP contribution in [-0.2, 0) is 14.4 Å². The molecule has 0 radical (unpaired) electrons. The van der Waals surface area contributed by atoms with Gasteiger partial charge in [-0.3, -0.25) is 14.4 Å². The Morgan fingerprint density at radius 1 is 1.25 bits per heavy atom. The van der Waals surface area contributed by atoms with Gasteiger partial charge in [-0.15, -0.1) is 0 Å². The number of nitrogens with one attached hydrogen (secondary N) is 1. The van der Waals surface area contributed by atoms with Gasteiger partial charge in [0.15, 0.2) is 0 Å². The number of hydrogen-bond acceptors (Lipinski definition) is 3. The Bertz CT molecular complexity index is 610. The number of hydrogen-bond donors (Lipinski definition) is 2. The summed E-state index contributed by atoms with van der Waals surface area (Å²) in [7, 11) is 0. The molecule has 0 saturated carbocycles. The van der Waals surface area contributed by atoms with Gasteiger partial charge in [0.25, 0.3) is 0 Å². The van der Waals surface area contributed by atoms with Crippen LogP contribution in [0.5, 0.6) is 0 Å². The first-order chi connectivity index (χ1) is 11.4. The molecule has 3 amide bonds. The topological polar surface area (TPSA) is 92.5 Å². The highest BCUT2D eigenvalue weighted by atomic mass is 35.5.